The number of hydrogen-bond acceptors (Lipinski definition) is 4. The van der Waals surface area contributed by atoms with E-state index in [1.54, 1.807) is 7.05 Å². The summed E-state index contributed by atoms with van der Waals surface area (Å²) in [5.74, 6) is 0. The lowest BCUT2D eigenvalue weighted by atomic mass is 10.3. The summed E-state index contributed by atoms with van der Waals surface area (Å²) in [7, 11) is 1.69. The predicted octanol–water partition coefficient (Wildman–Crippen LogP) is -1.88. The molecule has 0 aliphatic heterocycles. The number of rotatable bonds is 4. The summed E-state index contributed by atoms with van der Waals surface area (Å²) in [5, 5.41) is 14.5. The maximum Gasteiger partial charge on any atom is 0.265 e. The number of aromatic amines is 1. The molecule has 1 heterocycles. The largest absolute Gasteiger partial charge is 0.390 e. The zero-order valence-electron chi connectivity index (χ0n) is 7.86. The third-order valence-electron chi connectivity index (χ3n) is 1.72. The summed E-state index contributed by atoms with van der Waals surface area (Å²) in [6.07, 6.45) is -0.698. The molecule has 0 saturated heterocycles. The summed E-state index contributed by atoms with van der Waals surface area (Å²) >= 11 is 0. The molecular formula is C8H13N3O3. The van der Waals surface area contributed by atoms with Gasteiger partial charge in [-0.25, -0.2) is 4.68 Å². The molecule has 1 rings (SSSR count). The second-order valence-corrected chi connectivity index (χ2v) is 2.97. The van der Waals surface area contributed by atoms with Crippen molar-refractivity contribution < 1.29 is 5.11 Å². The lowest BCUT2D eigenvalue weighted by Gasteiger charge is -2.10. The van der Waals surface area contributed by atoms with Gasteiger partial charge in [-0.3, -0.25) is 14.7 Å². The molecule has 0 aliphatic carbocycles. The van der Waals surface area contributed by atoms with Crippen molar-refractivity contribution in [3.05, 3.63) is 32.8 Å². The summed E-state index contributed by atoms with van der Waals surface area (Å²) in [6, 6.07) is 2.33. The number of nitrogens with zero attached hydrogens (tertiary/aromatic N) is 1. The minimum Gasteiger partial charge on any atom is -0.390 e. The van der Waals surface area contributed by atoms with Gasteiger partial charge in [-0.05, 0) is 7.05 Å². The van der Waals surface area contributed by atoms with E-state index in [1.165, 1.54) is 6.07 Å². The molecular weight excluding hydrogens is 186 g/mol. The second kappa shape index (κ2) is 4.73. The van der Waals surface area contributed by atoms with Gasteiger partial charge in [0.1, 0.15) is 0 Å². The molecule has 6 heteroatoms. The van der Waals surface area contributed by atoms with Crippen LogP contribution in [0, 0.1) is 0 Å². The Bertz CT molecular complexity index is 395. The van der Waals surface area contributed by atoms with Crippen LogP contribution in [0.25, 0.3) is 0 Å². The van der Waals surface area contributed by atoms with Crippen LogP contribution in [0.1, 0.15) is 0 Å². The average Bonchev–Trinajstić information content (AvgIpc) is 2.12. The normalized spacial score (nSPS) is 12.7. The lowest BCUT2D eigenvalue weighted by molar-refractivity contribution is 0.147. The Morgan fingerprint density at radius 2 is 2.29 bits per heavy atom. The van der Waals surface area contributed by atoms with Crippen LogP contribution in [0.5, 0.6) is 0 Å². The molecule has 0 amide bonds. The van der Waals surface area contributed by atoms with Gasteiger partial charge in [-0.1, -0.05) is 0 Å². The van der Waals surface area contributed by atoms with Gasteiger partial charge in [-0.15, -0.1) is 0 Å². The molecule has 1 aromatic rings. The SMILES string of the molecule is CNCC(O)Cn1[nH]c(=O)ccc1=O. The van der Waals surface area contributed by atoms with Crippen LogP contribution in [-0.2, 0) is 6.54 Å². The Morgan fingerprint density at radius 1 is 1.57 bits per heavy atom. The van der Waals surface area contributed by atoms with Gasteiger partial charge in [0.2, 0.25) is 0 Å². The fourth-order valence-corrected chi connectivity index (χ4v) is 1.11. The first kappa shape index (κ1) is 10.7. The Hall–Kier alpha value is -1.40. The van der Waals surface area contributed by atoms with Gasteiger partial charge in [0.05, 0.1) is 12.6 Å². The molecule has 0 fully saturated rings. The fourth-order valence-electron chi connectivity index (χ4n) is 1.11. The van der Waals surface area contributed by atoms with E-state index >= 15 is 0 Å². The first-order chi connectivity index (χ1) is 6.63. The molecule has 1 aromatic heterocycles. The molecule has 78 valence electrons. The van der Waals surface area contributed by atoms with E-state index in [4.69, 9.17) is 0 Å². The maximum absolute atomic E-state index is 11.2. The molecule has 0 radical (unpaired) electrons. The molecule has 0 bridgehead atoms. The van der Waals surface area contributed by atoms with Crippen LogP contribution in [0.15, 0.2) is 21.7 Å². The average molecular weight is 199 g/mol. The van der Waals surface area contributed by atoms with Crippen molar-refractivity contribution in [2.24, 2.45) is 0 Å². The van der Waals surface area contributed by atoms with Gasteiger partial charge in [0.15, 0.2) is 0 Å². The van der Waals surface area contributed by atoms with Crippen LogP contribution in [0.3, 0.4) is 0 Å². The Morgan fingerprint density at radius 3 is 2.93 bits per heavy atom. The molecule has 0 saturated carbocycles. The third-order valence-corrected chi connectivity index (χ3v) is 1.72. The summed E-state index contributed by atoms with van der Waals surface area (Å²) in [6.45, 7) is 0.444. The van der Waals surface area contributed by atoms with Gasteiger partial charge >= 0.3 is 0 Å². The molecule has 1 atom stereocenters. The Balaban J connectivity index is 2.80. The van der Waals surface area contributed by atoms with Crippen LogP contribution in [0.4, 0.5) is 0 Å². The number of aliphatic hydroxyl groups excluding tert-OH is 1. The minimum atomic E-state index is -0.698. The van der Waals surface area contributed by atoms with E-state index in [9.17, 15) is 14.7 Å². The van der Waals surface area contributed by atoms with E-state index < -0.39 is 6.10 Å². The number of nitrogens with one attached hydrogen (secondary N) is 2. The lowest BCUT2D eigenvalue weighted by Crippen LogP contribution is -2.36. The van der Waals surface area contributed by atoms with Gasteiger partial charge in [0.25, 0.3) is 11.1 Å². The molecule has 0 aromatic carbocycles. The Labute approximate surface area is 80.2 Å². The van der Waals surface area contributed by atoms with Gasteiger partial charge < -0.3 is 10.4 Å². The number of likely N-dealkylation sites (N-methyl/N-ethyl adjacent to an activating group) is 1. The number of aromatic nitrogens is 2. The van der Waals surface area contributed by atoms with Crippen molar-refractivity contribution in [1.82, 2.24) is 15.1 Å². The van der Waals surface area contributed by atoms with Crippen LogP contribution < -0.4 is 16.4 Å². The summed E-state index contributed by atoms with van der Waals surface area (Å²) < 4.78 is 1.09. The first-order valence-corrected chi connectivity index (χ1v) is 4.26. The highest BCUT2D eigenvalue weighted by Crippen LogP contribution is 1.82. The van der Waals surface area contributed by atoms with Crippen molar-refractivity contribution in [2.75, 3.05) is 13.6 Å². The molecule has 0 aliphatic rings. The third kappa shape index (κ3) is 2.82. The zero-order chi connectivity index (χ0) is 10.6. The maximum atomic E-state index is 11.2. The summed E-state index contributed by atoms with van der Waals surface area (Å²) in [5.41, 5.74) is -0.694. The highest BCUT2D eigenvalue weighted by atomic mass is 16.3. The van der Waals surface area contributed by atoms with E-state index in [1.807, 2.05) is 0 Å². The van der Waals surface area contributed by atoms with Crippen LogP contribution in [0.2, 0.25) is 0 Å². The molecule has 6 nitrogen and oxygen atoms in total. The van der Waals surface area contributed by atoms with Crippen molar-refractivity contribution >= 4 is 0 Å². The molecule has 3 N–H and O–H groups in total. The number of hydrogen-bond donors (Lipinski definition) is 3. The Kier molecular flexibility index (Phi) is 3.61. The monoisotopic (exact) mass is 199 g/mol. The second-order valence-electron chi connectivity index (χ2n) is 2.97. The highest BCUT2D eigenvalue weighted by Gasteiger charge is 2.05. The highest BCUT2D eigenvalue weighted by molar-refractivity contribution is 4.86. The van der Waals surface area contributed by atoms with E-state index in [0.717, 1.165) is 10.7 Å². The van der Waals surface area contributed by atoms with Gasteiger partial charge in [0, 0.05) is 18.7 Å². The van der Waals surface area contributed by atoms with E-state index in [0.29, 0.717) is 6.54 Å². The number of aliphatic hydroxyl groups is 1. The number of H-pyrrole nitrogens is 1. The molecule has 1 unspecified atom stereocenters. The van der Waals surface area contributed by atoms with Crippen molar-refractivity contribution in [2.45, 2.75) is 12.6 Å². The van der Waals surface area contributed by atoms with Crippen molar-refractivity contribution in [1.29, 1.82) is 0 Å². The van der Waals surface area contributed by atoms with Gasteiger partial charge in [-0.2, -0.15) is 0 Å². The van der Waals surface area contributed by atoms with E-state index in [2.05, 4.69) is 10.4 Å². The summed E-state index contributed by atoms with van der Waals surface area (Å²) in [4.78, 5) is 22.0. The van der Waals surface area contributed by atoms with E-state index in [-0.39, 0.29) is 17.7 Å². The quantitative estimate of drug-likeness (QED) is 0.529. The molecule has 0 spiro atoms. The smallest absolute Gasteiger partial charge is 0.265 e. The van der Waals surface area contributed by atoms with Crippen molar-refractivity contribution in [3.8, 4) is 0 Å². The molecule has 14 heavy (non-hydrogen) atoms. The predicted molar refractivity (Wildman–Crippen MR) is 51.3 cm³/mol. The fraction of sp³-hybridized carbons (Fsp3) is 0.500. The van der Waals surface area contributed by atoms with Crippen molar-refractivity contribution in [3.63, 3.8) is 0 Å². The minimum absolute atomic E-state index is 0.0791. The topological polar surface area (TPSA) is 87.1 Å². The first-order valence-electron chi connectivity index (χ1n) is 4.26. The van der Waals surface area contributed by atoms with Crippen LogP contribution >= 0.6 is 0 Å². The zero-order valence-corrected chi connectivity index (χ0v) is 7.86. The van der Waals surface area contributed by atoms with Crippen LogP contribution in [-0.4, -0.2) is 34.6 Å². The standard InChI is InChI=1S/C8H13N3O3/c1-9-4-6(12)5-11-8(14)3-2-7(13)10-11/h2-3,6,9,12H,4-5H2,1H3,(H,10,13).